The van der Waals surface area contributed by atoms with Crippen molar-refractivity contribution < 1.29 is 23.6 Å². The van der Waals surface area contributed by atoms with E-state index in [2.05, 4.69) is 51.7 Å². The lowest BCUT2D eigenvalue weighted by atomic mass is 9.94. The van der Waals surface area contributed by atoms with Gasteiger partial charge in [-0.1, -0.05) is 234 Å². The molecule has 3 rings (SSSR count). The number of hydrogen-bond acceptors (Lipinski definition) is 8. The van der Waals surface area contributed by atoms with Gasteiger partial charge in [-0.25, -0.2) is 0 Å². The standard InChI is InChI=1S/C62H105N3O6/c1-7-13-19-25-28-34-40-52(37-31-22-16-10-4)49-68-58-47-56(62-64-63-61(71-62)55-43-45-57(46-44-55)65(66)67)48-59(69-50-53(38-32-23-17-11-5)41-35-29-26-20-14-8-2)60(58)70-51-54(39-33-24-18-12-6)42-36-30-27-21-15-9-3/h43-48,52-54H,7-42,49-51H2,1-6H3. The van der Waals surface area contributed by atoms with E-state index in [1.54, 1.807) is 12.1 Å². The van der Waals surface area contributed by atoms with Crippen molar-refractivity contribution in [2.45, 2.75) is 273 Å². The van der Waals surface area contributed by atoms with Crippen LogP contribution in [0.2, 0.25) is 0 Å². The number of rotatable bonds is 48. The Labute approximate surface area is 434 Å². The summed E-state index contributed by atoms with van der Waals surface area (Å²) >= 11 is 0. The highest BCUT2D eigenvalue weighted by atomic mass is 16.6. The Morgan fingerprint density at radius 3 is 1.06 bits per heavy atom. The van der Waals surface area contributed by atoms with Gasteiger partial charge < -0.3 is 18.6 Å². The summed E-state index contributed by atoms with van der Waals surface area (Å²) in [5.41, 5.74) is 1.36. The van der Waals surface area contributed by atoms with Gasteiger partial charge in [-0.2, -0.15) is 0 Å². The van der Waals surface area contributed by atoms with E-state index in [1.807, 2.05) is 12.1 Å². The maximum atomic E-state index is 11.4. The number of nitrogens with zero attached hydrogens (tertiary/aromatic N) is 3. The Balaban J connectivity index is 2.10. The van der Waals surface area contributed by atoms with Crippen LogP contribution in [-0.4, -0.2) is 34.9 Å². The highest BCUT2D eigenvalue weighted by Crippen LogP contribution is 2.44. The maximum Gasteiger partial charge on any atom is 0.269 e. The predicted octanol–water partition coefficient (Wildman–Crippen LogP) is 20.5. The Morgan fingerprint density at radius 2 is 0.718 bits per heavy atom. The summed E-state index contributed by atoms with van der Waals surface area (Å²) in [7, 11) is 0. The first kappa shape index (κ1) is 61.7. The molecule has 0 spiro atoms. The largest absolute Gasteiger partial charge is 0.489 e. The van der Waals surface area contributed by atoms with E-state index in [0.717, 1.165) is 31.2 Å². The molecule has 0 saturated heterocycles. The van der Waals surface area contributed by atoms with Crippen LogP contribution in [-0.2, 0) is 0 Å². The molecule has 0 amide bonds. The molecule has 1 heterocycles. The maximum absolute atomic E-state index is 11.4. The van der Waals surface area contributed by atoms with Crippen LogP contribution in [0.25, 0.3) is 22.9 Å². The highest BCUT2D eigenvalue weighted by molar-refractivity contribution is 5.67. The molecule has 9 nitrogen and oxygen atoms in total. The zero-order chi connectivity index (χ0) is 51.0. The highest BCUT2D eigenvalue weighted by Gasteiger charge is 2.24. The fourth-order valence-corrected chi connectivity index (χ4v) is 10.0. The zero-order valence-corrected chi connectivity index (χ0v) is 46.6. The number of hydrogen-bond donors (Lipinski definition) is 0. The van der Waals surface area contributed by atoms with E-state index in [-0.39, 0.29) is 5.69 Å². The van der Waals surface area contributed by atoms with Gasteiger partial charge >= 0.3 is 0 Å². The van der Waals surface area contributed by atoms with Crippen LogP contribution in [0.1, 0.15) is 273 Å². The van der Waals surface area contributed by atoms with Crippen LogP contribution >= 0.6 is 0 Å². The lowest BCUT2D eigenvalue weighted by Crippen LogP contribution is -2.17. The minimum absolute atomic E-state index is 0.0168. The number of aromatic nitrogens is 2. The van der Waals surface area contributed by atoms with Gasteiger partial charge in [0.15, 0.2) is 11.5 Å². The van der Waals surface area contributed by atoms with Crippen LogP contribution in [0, 0.1) is 27.9 Å². The van der Waals surface area contributed by atoms with E-state index < -0.39 is 4.92 Å². The van der Waals surface area contributed by atoms with Gasteiger partial charge in [0.2, 0.25) is 17.5 Å². The smallest absolute Gasteiger partial charge is 0.269 e. The van der Waals surface area contributed by atoms with Crippen LogP contribution in [0.5, 0.6) is 17.2 Å². The number of nitro benzene ring substituents is 1. The number of benzene rings is 2. The molecule has 0 fully saturated rings. The molecule has 1 aromatic heterocycles. The molecule has 0 bridgehead atoms. The Hall–Kier alpha value is -3.62. The molecule has 0 saturated carbocycles. The Morgan fingerprint density at radius 1 is 0.423 bits per heavy atom. The van der Waals surface area contributed by atoms with E-state index in [1.165, 1.54) is 218 Å². The third-order valence-electron chi connectivity index (χ3n) is 14.7. The molecule has 0 aliphatic heterocycles. The summed E-state index contributed by atoms with van der Waals surface area (Å²) in [5, 5.41) is 20.4. The van der Waals surface area contributed by atoms with E-state index in [9.17, 15) is 10.1 Å². The van der Waals surface area contributed by atoms with Crippen molar-refractivity contribution in [3.05, 3.63) is 46.5 Å². The van der Waals surface area contributed by atoms with Crippen LogP contribution in [0.3, 0.4) is 0 Å². The minimum Gasteiger partial charge on any atom is -0.489 e. The van der Waals surface area contributed by atoms with Crippen LogP contribution in [0.15, 0.2) is 40.8 Å². The van der Waals surface area contributed by atoms with Crippen molar-refractivity contribution in [1.82, 2.24) is 10.2 Å². The fourth-order valence-electron chi connectivity index (χ4n) is 10.0. The molecule has 3 unspecified atom stereocenters. The summed E-state index contributed by atoms with van der Waals surface area (Å²) in [4.78, 5) is 11.0. The van der Waals surface area contributed by atoms with Gasteiger partial charge in [0.05, 0.1) is 24.7 Å². The number of ether oxygens (including phenoxy) is 3. The third kappa shape index (κ3) is 27.3. The van der Waals surface area contributed by atoms with Gasteiger partial charge in [0, 0.05) is 23.3 Å². The van der Waals surface area contributed by atoms with Gasteiger partial charge in [0.1, 0.15) is 0 Å². The summed E-state index contributed by atoms with van der Waals surface area (Å²) in [5.74, 6) is 4.08. The first-order valence-electron chi connectivity index (χ1n) is 30.0. The fraction of sp³-hybridized carbons (Fsp3) is 0.774. The number of unbranched alkanes of at least 4 members (excludes halogenated alkanes) is 24. The lowest BCUT2D eigenvalue weighted by molar-refractivity contribution is -0.384. The molecule has 0 N–H and O–H groups in total. The predicted molar refractivity (Wildman–Crippen MR) is 299 cm³/mol. The topological polar surface area (TPSA) is 110 Å². The van der Waals surface area contributed by atoms with Crippen LogP contribution in [0.4, 0.5) is 5.69 Å². The monoisotopic (exact) mass is 988 g/mol. The van der Waals surface area contributed by atoms with Crippen molar-refractivity contribution in [1.29, 1.82) is 0 Å². The average Bonchev–Trinajstić information content (AvgIpc) is 3.88. The first-order valence-corrected chi connectivity index (χ1v) is 30.0. The van der Waals surface area contributed by atoms with Gasteiger partial charge in [0.25, 0.3) is 5.69 Å². The average molecular weight is 989 g/mol. The molecule has 3 aromatic rings. The summed E-state index contributed by atoms with van der Waals surface area (Å²) < 4.78 is 27.8. The summed E-state index contributed by atoms with van der Waals surface area (Å²) in [6, 6.07) is 10.3. The van der Waals surface area contributed by atoms with Gasteiger partial charge in [-0.15, -0.1) is 10.2 Å². The SMILES string of the molecule is CCCCCCCCC(CCCCCC)COc1cc(-c2nnc(-c3ccc([N+](=O)[O-])cc3)o2)cc(OCC(CCCCCC)CCCCCCCC)c1OCC(CCCCCC)CCCCCCCC. The number of nitro groups is 1. The molecule has 2 aromatic carbocycles. The molecule has 71 heavy (non-hydrogen) atoms. The second-order valence-corrected chi connectivity index (χ2v) is 21.3. The molecule has 9 heteroatoms. The van der Waals surface area contributed by atoms with Crippen molar-refractivity contribution in [2.24, 2.45) is 17.8 Å². The zero-order valence-electron chi connectivity index (χ0n) is 46.6. The quantitative estimate of drug-likeness (QED) is 0.0313. The molecule has 0 aliphatic carbocycles. The van der Waals surface area contributed by atoms with E-state index >= 15 is 0 Å². The molecule has 0 radical (unpaired) electrons. The normalized spacial score (nSPS) is 12.8. The van der Waals surface area contributed by atoms with Crippen molar-refractivity contribution in [3.63, 3.8) is 0 Å². The van der Waals surface area contributed by atoms with Crippen LogP contribution < -0.4 is 14.2 Å². The molecule has 3 atom stereocenters. The molecular formula is C62H105N3O6. The van der Waals surface area contributed by atoms with E-state index in [0.29, 0.717) is 72.2 Å². The van der Waals surface area contributed by atoms with Crippen molar-refractivity contribution >= 4 is 5.69 Å². The molecular weight excluding hydrogens is 883 g/mol. The third-order valence-corrected chi connectivity index (χ3v) is 14.7. The Kier molecular flexibility index (Phi) is 35.5. The van der Waals surface area contributed by atoms with Gasteiger partial charge in [-0.05, 0) is 80.5 Å². The van der Waals surface area contributed by atoms with Crippen molar-refractivity contribution in [2.75, 3.05) is 19.8 Å². The van der Waals surface area contributed by atoms with E-state index in [4.69, 9.17) is 18.6 Å². The summed E-state index contributed by atoms with van der Waals surface area (Å²) in [6.07, 6.45) is 45.2. The first-order chi connectivity index (χ1) is 34.9. The molecule has 404 valence electrons. The van der Waals surface area contributed by atoms with Gasteiger partial charge in [-0.3, -0.25) is 10.1 Å². The number of non-ortho nitro benzene ring substituents is 1. The molecule has 0 aliphatic rings. The van der Waals surface area contributed by atoms with Crippen molar-refractivity contribution in [3.8, 4) is 40.2 Å². The second-order valence-electron chi connectivity index (χ2n) is 21.3. The summed E-state index contributed by atoms with van der Waals surface area (Å²) in [6.45, 7) is 15.6. The second kappa shape index (κ2) is 40.8. The lowest BCUT2D eigenvalue weighted by Gasteiger charge is -2.24. The Bertz CT molecular complexity index is 1670. The minimum atomic E-state index is -0.397.